The van der Waals surface area contributed by atoms with Gasteiger partial charge in [0, 0.05) is 6.04 Å². The lowest BCUT2D eigenvalue weighted by Gasteiger charge is -2.32. The summed E-state index contributed by atoms with van der Waals surface area (Å²) in [6, 6.07) is 11.2. The van der Waals surface area contributed by atoms with Gasteiger partial charge in [-0.25, -0.2) is 0 Å². The van der Waals surface area contributed by atoms with Crippen LogP contribution in [-0.2, 0) is 11.2 Å². The van der Waals surface area contributed by atoms with E-state index in [0.717, 1.165) is 19.0 Å². The van der Waals surface area contributed by atoms with Gasteiger partial charge in [0.2, 0.25) is 5.91 Å². The van der Waals surface area contributed by atoms with Gasteiger partial charge in [-0.05, 0) is 56.7 Å². The van der Waals surface area contributed by atoms with Crippen LogP contribution < -0.4 is 5.32 Å². The first kappa shape index (κ1) is 17.5. The molecule has 2 fully saturated rings. The number of amides is 1. The summed E-state index contributed by atoms with van der Waals surface area (Å²) in [5.41, 5.74) is 1.45. The molecule has 0 radical (unpaired) electrons. The Bertz CT molecular complexity index is 486. The Balaban J connectivity index is 1.36. The standard InChI is InChI=1S/C21H32N2O/c24-21(22-20-10-6-1-2-7-11-20)17-23-14-12-19(13-15-23)16-18-8-4-3-5-9-18/h3-5,8-9,19-20H,1-2,6-7,10-17H2,(H,22,24). The molecule has 1 N–H and O–H groups in total. The van der Waals surface area contributed by atoms with Crippen molar-refractivity contribution in [3.8, 4) is 0 Å². The Kier molecular flexibility index (Phi) is 6.71. The quantitative estimate of drug-likeness (QED) is 0.834. The Hall–Kier alpha value is -1.35. The molecule has 3 heteroatoms. The van der Waals surface area contributed by atoms with Crippen molar-refractivity contribution >= 4 is 5.91 Å². The first-order chi connectivity index (χ1) is 11.8. The second-order valence-corrected chi connectivity index (χ2v) is 7.67. The third-order valence-electron chi connectivity index (χ3n) is 5.66. The number of nitrogens with one attached hydrogen (secondary N) is 1. The number of benzene rings is 1. The molecule has 1 saturated heterocycles. The molecule has 3 rings (SSSR count). The highest BCUT2D eigenvalue weighted by atomic mass is 16.2. The van der Waals surface area contributed by atoms with Crippen LogP contribution in [0.25, 0.3) is 0 Å². The van der Waals surface area contributed by atoms with Gasteiger partial charge in [-0.2, -0.15) is 0 Å². The van der Waals surface area contributed by atoms with Crippen molar-refractivity contribution in [2.24, 2.45) is 5.92 Å². The maximum absolute atomic E-state index is 12.3. The van der Waals surface area contributed by atoms with Crippen LogP contribution in [0.5, 0.6) is 0 Å². The predicted molar refractivity (Wildman–Crippen MR) is 98.9 cm³/mol. The van der Waals surface area contributed by atoms with Gasteiger partial charge >= 0.3 is 0 Å². The SMILES string of the molecule is O=C(CN1CCC(Cc2ccccc2)CC1)NC1CCCCCC1. The van der Waals surface area contributed by atoms with Gasteiger partial charge in [-0.1, -0.05) is 56.0 Å². The van der Waals surface area contributed by atoms with Crippen molar-refractivity contribution in [1.29, 1.82) is 0 Å². The lowest BCUT2D eigenvalue weighted by molar-refractivity contribution is -0.123. The van der Waals surface area contributed by atoms with Gasteiger partial charge in [0.25, 0.3) is 0 Å². The van der Waals surface area contributed by atoms with Crippen LogP contribution in [0.1, 0.15) is 56.9 Å². The van der Waals surface area contributed by atoms with E-state index in [1.807, 2.05) is 0 Å². The van der Waals surface area contributed by atoms with Gasteiger partial charge in [-0.3, -0.25) is 9.69 Å². The normalized spacial score (nSPS) is 21.3. The summed E-state index contributed by atoms with van der Waals surface area (Å²) in [7, 11) is 0. The molecule has 1 amide bonds. The van der Waals surface area contributed by atoms with Crippen molar-refractivity contribution in [2.45, 2.75) is 63.8 Å². The monoisotopic (exact) mass is 328 g/mol. The molecule has 132 valence electrons. The van der Waals surface area contributed by atoms with Crippen LogP contribution in [0.2, 0.25) is 0 Å². The highest BCUT2D eigenvalue weighted by Gasteiger charge is 2.22. The molecule has 1 aliphatic carbocycles. The Labute approximate surface area is 146 Å². The summed E-state index contributed by atoms with van der Waals surface area (Å²) in [4.78, 5) is 14.7. The average Bonchev–Trinajstić information content (AvgIpc) is 2.86. The molecule has 0 atom stereocenters. The van der Waals surface area contributed by atoms with Crippen molar-refractivity contribution in [2.75, 3.05) is 19.6 Å². The van der Waals surface area contributed by atoms with Crippen LogP contribution in [0.4, 0.5) is 0 Å². The van der Waals surface area contributed by atoms with Crippen molar-refractivity contribution in [3.05, 3.63) is 35.9 Å². The number of hydrogen-bond acceptors (Lipinski definition) is 2. The number of likely N-dealkylation sites (tertiary alicyclic amines) is 1. The zero-order valence-corrected chi connectivity index (χ0v) is 14.9. The van der Waals surface area contributed by atoms with Gasteiger partial charge in [0.1, 0.15) is 0 Å². The molecule has 3 nitrogen and oxygen atoms in total. The fourth-order valence-corrected chi connectivity index (χ4v) is 4.20. The molecule has 1 aliphatic heterocycles. The molecule has 0 aromatic heterocycles. The van der Waals surface area contributed by atoms with E-state index in [9.17, 15) is 4.79 Å². The van der Waals surface area contributed by atoms with Gasteiger partial charge < -0.3 is 5.32 Å². The number of piperidine rings is 1. The summed E-state index contributed by atoms with van der Waals surface area (Å²) >= 11 is 0. The van der Waals surface area contributed by atoms with Crippen LogP contribution in [-0.4, -0.2) is 36.5 Å². The van der Waals surface area contributed by atoms with Crippen LogP contribution in [0.15, 0.2) is 30.3 Å². The van der Waals surface area contributed by atoms with E-state index in [2.05, 4.69) is 40.5 Å². The van der Waals surface area contributed by atoms with Gasteiger partial charge in [-0.15, -0.1) is 0 Å². The molecule has 24 heavy (non-hydrogen) atoms. The minimum Gasteiger partial charge on any atom is -0.352 e. The zero-order chi connectivity index (χ0) is 16.6. The number of nitrogens with zero attached hydrogens (tertiary/aromatic N) is 1. The van der Waals surface area contributed by atoms with Crippen LogP contribution >= 0.6 is 0 Å². The van der Waals surface area contributed by atoms with Crippen molar-refractivity contribution in [1.82, 2.24) is 10.2 Å². The minimum absolute atomic E-state index is 0.239. The molecule has 1 heterocycles. The van der Waals surface area contributed by atoms with Crippen LogP contribution in [0.3, 0.4) is 0 Å². The van der Waals surface area contributed by atoms with Crippen LogP contribution in [0, 0.1) is 5.92 Å². The third-order valence-corrected chi connectivity index (χ3v) is 5.66. The lowest BCUT2D eigenvalue weighted by Crippen LogP contribution is -2.44. The smallest absolute Gasteiger partial charge is 0.234 e. The second kappa shape index (κ2) is 9.22. The van der Waals surface area contributed by atoms with Gasteiger partial charge in [0.15, 0.2) is 0 Å². The van der Waals surface area contributed by atoms with E-state index in [1.54, 1.807) is 0 Å². The molecule has 0 unspecified atom stereocenters. The van der Waals surface area contributed by atoms with Crippen molar-refractivity contribution in [3.63, 3.8) is 0 Å². The molecule has 0 spiro atoms. The molecule has 1 aromatic rings. The Morgan fingerprint density at radius 1 is 0.958 bits per heavy atom. The summed E-state index contributed by atoms with van der Waals surface area (Å²) in [6.07, 6.45) is 11.2. The predicted octanol–water partition coefficient (Wildman–Crippen LogP) is 3.78. The molecule has 0 bridgehead atoms. The van der Waals surface area contributed by atoms with E-state index in [4.69, 9.17) is 0 Å². The number of carbonyl (C=O) groups is 1. The Morgan fingerprint density at radius 2 is 1.62 bits per heavy atom. The fraction of sp³-hybridized carbons (Fsp3) is 0.667. The maximum atomic E-state index is 12.3. The number of rotatable bonds is 5. The summed E-state index contributed by atoms with van der Waals surface area (Å²) in [5.74, 6) is 1.01. The number of hydrogen-bond donors (Lipinski definition) is 1. The highest BCUT2D eigenvalue weighted by Crippen LogP contribution is 2.21. The van der Waals surface area contributed by atoms with E-state index < -0.39 is 0 Å². The zero-order valence-electron chi connectivity index (χ0n) is 14.9. The molecule has 1 aromatic carbocycles. The Morgan fingerprint density at radius 3 is 2.29 bits per heavy atom. The average molecular weight is 329 g/mol. The topological polar surface area (TPSA) is 32.3 Å². The largest absolute Gasteiger partial charge is 0.352 e. The molecular weight excluding hydrogens is 296 g/mol. The van der Waals surface area contributed by atoms with Gasteiger partial charge in [0.05, 0.1) is 6.54 Å². The van der Waals surface area contributed by atoms with E-state index in [1.165, 1.54) is 63.4 Å². The van der Waals surface area contributed by atoms with E-state index in [-0.39, 0.29) is 5.91 Å². The summed E-state index contributed by atoms with van der Waals surface area (Å²) in [6.45, 7) is 2.72. The second-order valence-electron chi connectivity index (χ2n) is 7.67. The highest BCUT2D eigenvalue weighted by molar-refractivity contribution is 5.78. The van der Waals surface area contributed by atoms with E-state index >= 15 is 0 Å². The van der Waals surface area contributed by atoms with E-state index in [0.29, 0.717) is 12.6 Å². The number of carbonyl (C=O) groups excluding carboxylic acids is 1. The lowest BCUT2D eigenvalue weighted by atomic mass is 9.90. The molecule has 2 aliphatic rings. The maximum Gasteiger partial charge on any atom is 0.234 e. The summed E-state index contributed by atoms with van der Waals surface area (Å²) in [5, 5.41) is 3.28. The minimum atomic E-state index is 0.239. The molecular formula is C21H32N2O. The van der Waals surface area contributed by atoms with Crippen molar-refractivity contribution < 1.29 is 4.79 Å². The third kappa shape index (κ3) is 5.62. The first-order valence-corrected chi connectivity index (χ1v) is 9.85. The fourth-order valence-electron chi connectivity index (χ4n) is 4.20. The molecule has 1 saturated carbocycles. The summed E-state index contributed by atoms with van der Waals surface area (Å²) < 4.78 is 0. The first-order valence-electron chi connectivity index (χ1n) is 9.85.